The minimum atomic E-state index is -0.156. The average Bonchev–Trinajstić information content (AvgIpc) is 2.46. The van der Waals surface area contributed by atoms with E-state index in [1.54, 1.807) is 0 Å². The Morgan fingerprint density at radius 3 is 2.53 bits per heavy atom. The van der Waals surface area contributed by atoms with Crippen LogP contribution in [0.2, 0.25) is 0 Å². The van der Waals surface area contributed by atoms with Gasteiger partial charge in [0.25, 0.3) is 0 Å². The van der Waals surface area contributed by atoms with Gasteiger partial charge in [0.1, 0.15) is 0 Å². The molecule has 1 heterocycles. The van der Waals surface area contributed by atoms with Crippen LogP contribution in [0.3, 0.4) is 0 Å². The molecule has 0 unspecified atom stereocenters. The molecule has 2 rings (SSSR count). The van der Waals surface area contributed by atoms with Crippen LogP contribution in [0.25, 0.3) is 0 Å². The molecule has 1 saturated heterocycles. The number of alkyl halides is 1. The number of benzene rings is 1. The molecule has 5 nitrogen and oxygen atoms in total. The van der Waals surface area contributed by atoms with Crippen LogP contribution in [-0.4, -0.2) is 42.6 Å². The molecule has 0 radical (unpaired) electrons. The van der Waals surface area contributed by atoms with Crippen LogP contribution in [0.1, 0.15) is 6.92 Å². The third-order valence-electron chi connectivity index (χ3n) is 3.56. The van der Waals surface area contributed by atoms with Crippen molar-refractivity contribution < 1.29 is 21.2 Å². The van der Waals surface area contributed by atoms with E-state index >= 15 is 0 Å². The fraction of sp³-hybridized carbons (Fsp3) is 0.538. The zero-order valence-electron chi connectivity index (χ0n) is 11.5. The van der Waals surface area contributed by atoms with Crippen molar-refractivity contribution in [3.8, 4) is 0 Å². The molecule has 0 aliphatic carbocycles. The van der Waals surface area contributed by atoms with Gasteiger partial charge >= 0.3 is 125 Å². The normalized spacial score (nSPS) is 16.9. The third-order valence-corrected chi connectivity index (χ3v) is 5.58. The molecule has 0 bridgehead atoms. The first-order chi connectivity index (χ1) is 9.15. The van der Waals surface area contributed by atoms with E-state index in [4.69, 9.17) is 5.84 Å². The van der Waals surface area contributed by atoms with E-state index in [0.717, 1.165) is 36.3 Å². The summed E-state index contributed by atoms with van der Waals surface area (Å²) >= 11 is -0.156. The maximum absolute atomic E-state index is 11.3. The molecule has 108 valence electrons. The van der Waals surface area contributed by atoms with Crippen molar-refractivity contribution in [3.63, 3.8) is 0 Å². The van der Waals surface area contributed by atoms with E-state index in [1.165, 1.54) is 5.69 Å². The molecular weight excluding hydrogens is 355 g/mol. The minimum absolute atomic E-state index is 0.156. The molecule has 0 aromatic heterocycles. The summed E-state index contributed by atoms with van der Waals surface area (Å²) in [4.78, 5) is 7.00. The number of piperazine rings is 1. The number of hydrogen-bond donors (Lipinski definition) is 1. The molecule has 1 aliphatic rings. The molecule has 1 aromatic carbocycles. The summed E-state index contributed by atoms with van der Waals surface area (Å²) in [6.07, 6.45) is 0. The van der Waals surface area contributed by atoms with Crippen molar-refractivity contribution in [1.29, 1.82) is 0 Å². The van der Waals surface area contributed by atoms with Crippen molar-refractivity contribution in [3.05, 3.63) is 27.0 Å². The quantitative estimate of drug-likeness (QED) is 0.282. The molecule has 0 saturated carbocycles. The molecule has 0 amide bonds. The Morgan fingerprint density at radius 2 is 2.00 bits per heavy atom. The van der Waals surface area contributed by atoms with Crippen molar-refractivity contribution in [2.75, 3.05) is 47.7 Å². The van der Waals surface area contributed by atoms with Gasteiger partial charge in [0.15, 0.2) is 0 Å². The number of hydrazine groups is 1. The fourth-order valence-electron chi connectivity index (χ4n) is 2.34. The summed E-state index contributed by atoms with van der Waals surface area (Å²) < 4.78 is 1.12. The molecule has 6 heteroatoms. The number of nitrogens with two attached hydrogens (primary N) is 1. The molecule has 1 fully saturated rings. The second-order valence-electron chi connectivity index (χ2n) is 4.57. The van der Waals surface area contributed by atoms with Crippen molar-refractivity contribution in [1.82, 2.24) is 4.90 Å². The molecule has 1 aromatic rings. The topological polar surface area (TPSA) is 58.8 Å². The Morgan fingerprint density at radius 1 is 1.32 bits per heavy atom. The van der Waals surface area contributed by atoms with Crippen LogP contribution in [-0.2, 0) is 0 Å². The average molecular weight is 376 g/mol. The second-order valence-corrected chi connectivity index (χ2v) is 6.81. The van der Waals surface area contributed by atoms with E-state index in [-0.39, 0.29) is 21.2 Å². The van der Waals surface area contributed by atoms with Gasteiger partial charge < -0.3 is 0 Å². The Kier molecular flexibility index (Phi) is 5.26. The van der Waals surface area contributed by atoms with Gasteiger partial charge in [0, 0.05) is 0 Å². The number of nitrogens with zero attached hydrogens (tertiary/aromatic N) is 3. The van der Waals surface area contributed by atoms with Gasteiger partial charge in [-0.2, -0.15) is 0 Å². The van der Waals surface area contributed by atoms with Crippen LogP contribution in [0.15, 0.2) is 18.2 Å². The Hall–Kier alpha value is -0.570. The Labute approximate surface area is 125 Å². The maximum atomic E-state index is 11.3. The van der Waals surface area contributed by atoms with Crippen LogP contribution < -0.4 is 37.1 Å². The van der Waals surface area contributed by atoms with E-state index in [9.17, 15) is 5.21 Å². The summed E-state index contributed by atoms with van der Waals surface area (Å²) in [5.74, 6) is 5.33. The van der Waals surface area contributed by atoms with E-state index in [2.05, 4.69) is 27.7 Å². The standard InChI is InChI=1S/C13H21IN4O/c1-3-16-6-8-17(9-7-16)11-4-5-13(18(15)19)12(10-11)14-2/h4-5,10H,3,6-9,15H2,1-2H3/q-2. The van der Waals surface area contributed by atoms with Crippen LogP contribution in [0, 0.1) is 8.78 Å². The van der Waals surface area contributed by atoms with Crippen molar-refractivity contribution in [2.24, 2.45) is 5.84 Å². The SMILES string of the molecule is CCN1CCN(c2ccc(N(N)[O-])c([I-]C)c2)CC1. The zero-order chi connectivity index (χ0) is 13.8. The number of halogens is 1. The summed E-state index contributed by atoms with van der Waals surface area (Å²) in [6.45, 7) is 7.65. The second kappa shape index (κ2) is 6.74. The van der Waals surface area contributed by atoms with Crippen molar-refractivity contribution in [2.45, 2.75) is 6.92 Å². The summed E-state index contributed by atoms with van der Waals surface area (Å²) in [5.41, 5.74) is 1.84. The fourth-order valence-corrected chi connectivity index (χ4v) is 3.95. The first-order valence-corrected chi connectivity index (χ1v) is 9.72. The molecule has 2 N–H and O–H groups in total. The summed E-state index contributed by atoms with van der Waals surface area (Å²) in [7, 11) is 0. The first-order valence-electron chi connectivity index (χ1n) is 6.48. The zero-order valence-corrected chi connectivity index (χ0v) is 13.6. The summed E-state index contributed by atoms with van der Waals surface area (Å²) in [5, 5.41) is 11.8. The first kappa shape index (κ1) is 14.8. The van der Waals surface area contributed by atoms with Crippen molar-refractivity contribution >= 4 is 11.4 Å². The molecule has 19 heavy (non-hydrogen) atoms. The van der Waals surface area contributed by atoms with Crippen LogP contribution in [0.5, 0.6) is 0 Å². The number of hydrogen-bond acceptors (Lipinski definition) is 5. The summed E-state index contributed by atoms with van der Waals surface area (Å²) in [6, 6.07) is 6.01. The van der Waals surface area contributed by atoms with Gasteiger partial charge in [-0.25, -0.2) is 0 Å². The van der Waals surface area contributed by atoms with Gasteiger partial charge in [0.2, 0.25) is 0 Å². The predicted octanol–water partition coefficient (Wildman–Crippen LogP) is -2.11. The number of anilines is 2. The van der Waals surface area contributed by atoms with E-state index < -0.39 is 0 Å². The Balaban J connectivity index is 2.13. The Bertz CT molecular complexity index is 419. The third kappa shape index (κ3) is 3.50. The van der Waals surface area contributed by atoms with Gasteiger partial charge in [-0.1, -0.05) is 0 Å². The monoisotopic (exact) mass is 376 g/mol. The molecule has 0 atom stereocenters. The van der Waals surface area contributed by atoms with E-state index in [0.29, 0.717) is 10.9 Å². The molecule has 1 aliphatic heterocycles. The van der Waals surface area contributed by atoms with Gasteiger partial charge in [0.05, 0.1) is 0 Å². The van der Waals surface area contributed by atoms with Gasteiger partial charge in [-0.3, -0.25) is 0 Å². The number of likely N-dealkylation sites (N-methyl/N-ethyl adjacent to an activating group) is 1. The number of rotatable bonds is 4. The van der Waals surface area contributed by atoms with Crippen LogP contribution in [0.4, 0.5) is 11.4 Å². The predicted molar refractivity (Wildman–Crippen MR) is 75.4 cm³/mol. The van der Waals surface area contributed by atoms with Gasteiger partial charge in [-0.15, -0.1) is 0 Å². The van der Waals surface area contributed by atoms with E-state index in [1.807, 2.05) is 12.1 Å². The molecule has 0 spiro atoms. The molecular formula is C13H21IN4O-2. The van der Waals surface area contributed by atoms with Gasteiger partial charge in [-0.05, 0) is 0 Å². The van der Waals surface area contributed by atoms with Crippen LogP contribution >= 0.6 is 0 Å².